The third-order valence-electron chi connectivity index (χ3n) is 2.14. The lowest BCUT2D eigenvalue weighted by Crippen LogP contribution is -2.03. The molecule has 0 aliphatic carbocycles. The summed E-state index contributed by atoms with van der Waals surface area (Å²) in [4.78, 5) is 17.1. The van der Waals surface area contributed by atoms with Crippen molar-refractivity contribution in [2.24, 2.45) is 0 Å². The third-order valence-corrected chi connectivity index (χ3v) is 2.42. The Kier molecular flexibility index (Phi) is 3.52. The van der Waals surface area contributed by atoms with Crippen molar-refractivity contribution in [3.63, 3.8) is 0 Å². The van der Waals surface area contributed by atoms with Crippen molar-refractivity contribution in [2.45, 2.75) is 0 Å². The molecule has 1 aromatic heterocycles. The summed E-state index contributed by atoms with van der Waals surface area (Å²) in [6.45, 7) is 0. The van der Waals surface area contributed by atoms with Crippen LogP contribution in [-0.4, -0.2) is 14.9 Å². The van der Waals surface area contributed by atoms with Gasteiger partial charge in [0.15, 0.2) is 0 Å². The van der Waals surface area contributed by atoms with Crippen molar-refractivity contribution in [3.05, 3.63) is 51.4 Å². The molecule has 6 nitrogen and oxygen atoms in total. The number of hydrogen-bond donors (Lipinski definition) is 1. The third kappa shape index (κ3) is 2.74. The molecule has 19 heavy (non-hydrogen) atoms. The van der Waals surface area contributed by atoms with Crippen molar-refractivity contribution in [1.29, 1.82) is 0 Å². The lowest BCUT2D eigenvalue weighted by Gasteiger charge is -2.07. The van der Waals surface area contributed by atoms with E-state index >= 15 is 0 Å². The fourth-order valence-corrected chi connectivity index (χ4v) is 1.53. The van der Waals surface area contributed by atoms with E-state index in [0.29, 0.717) is 6.07 Å². The maximum Gasteiger partial charge on any atom is 0.348 e. The van der Waals surface area contributed by atoms with E-state index in [0.717, 1.165) is 18.5 Å². The molecule has 0 atom stereocenters. The Morgan fingerprint density at radius 3 is 2.68 bits per heavy atom. The smallest absolute Gasteiger partial charge is 0.332 e. The van der Waals surface area contributed by atoms with Crippen molar-refractivity contribution >= 4 is 28.8 Å². The molecular formula is C10H5ClF2N4O2. The monoisotopic (exact) mass is 286 g/mol. The lowest BCUT2D eigenvalue weighted by atomic mass is 10.3. The van der Waals surface area contributed by atoms with Crippen LogP contribution in [0.1, 0.15) is 0 Å². The normalized spacial score (nSPS) is 10.3. The van der Waals surface area contributed by atoms with Crippen LogP contribution in [0.4, 0.5) is 26.0 Å². The highest BCUT2D eigenvalue weighted by Crippen LogP contribution is 2.31. The van der Waals surface area contributed by atoms with Crippen LogP contribution >= 0.6 is 11.6 Å². The minimum Gasteiger partial charge on any atom is -0.332 e. The summed E-state index contributed by atoms with van der Waals surface area (Å²) >= 11 is 5.57. The molecule has 0 saturated heterocycles. The van der Waals surface area contributed by atoms with Crippen LogP contribution in [0, 0.1) is 21.7 Å². The number of hydrogen-bond acceptors (Lipinski definition) is 5. The predicted octanol–water partition coefficient (Wildman–Crippen LogP) is 3.06. The molecule has 2 rings (SSSR count). The SMILES string of the molecule is O=[N+]([O-])c1c(Cl)ncnc1Nc1ccc(F)cc1F. The van der Waals surface area contributed by atoms with Crippen LogP contribution in [0.3, 0.4) is 0 Å². The number of rotatable bonds is 3. The first-order valence-corrected chi connectivity index (χ1v) is 5.24. The first-order valence-electron chi connectivity index (χ1n) is 4.86. The van der Waals surface area contributed by atoms with Gasteiger partial charge in [0.2, 0.25) is 11.0 Å². The number of anilines is 2. The van der Waals surface area contributed by atoms with Gasteiger partial charge < -0.3 is 5.32 Å². The number of aromatic nitrogens is 2. The van der Waals surface area contributed by atoms with Gasteiger partial charge in [0.25, 0.3) is 0 Å². The number of nitro groups is 1. The van der Waals surface area contributed by atoms with Crippen LogP contribution in [0.15, 0.2) is 24.5 Å². The molecule has 98 valence electrons. The van der Waals surface area contributed by atoms with Gasteiger partial charge in [0.1, 0.15) is 18.0 Å². The summed E-state index contributed by atoms with van der Waals surface area (Å²) in [5.74, 6) is -1.96. The maximum absolute atomic E-state index is 13.4. The molecule has 2 aromatic rings. The summed E-state index contributed by atoms with van der Waals surface area (Å²) < 4.78 is 26.2. The Morgan fingerprint density at radius 2 is 2.05 bits per heavy atom. The Balaban J connectivity index is 2.44. The molecule has 0 saturated carbocycles. The average molecular weight is 287 g/mol. The van der Waals surface area contributed by atoms with Gasteiger partial charge in [-0.2, -0.15) is 0 Å². The molecule has 0 aliphatic heterocycles. The highest BCUT2D eigenvalue weighted by Gasteiger charge is 2.22. The maximum atomic E-state index is 13.4. The van der Waals surface area contributed by atoms with Crippen molar-refractivity contribution in [3.8, 4) is 0 Å². The Hall–Kier alpha value is -2.35. The fraction of sp³-hybridized carbons (Fsp3) is 0. The van der Waals surface area contributed by atoms with Gasteiger partial charge in [-0.05, 0) is 12.1 Å². The minimum atomic E-state index is -0.913. The van der Waals surface area contributed by atoms with Gasteiger partial charge in [-0.1, -0.05) is 11.6 Å². The Bertz CT molecular complexity index is 653. The summed E-state index contributed by atoms with van der Waals surface area (Å²) in [7, 11) is 0. The van der Waals surface area contributed by atoms with Crippen LogP contribution in [0.5, 0.6) is 0 Å². The van der Waals surface area contributed by atoms with Crippen molar-refractivity contribution in [1.82, 2.24) is 9.97 Å². The molecule has 0 spiro atoms. The van der Waals surface area contributed by atoms with Gasteiger partial charge in [-0.3, -0.25) is 10.1 Å². The van der Waals surface area contributed by atoms with Crippen molar-refractivity contribution < 1.29 is 13.7 Å². The zero-order valence-corrected chi connectivity index (χ0v) is 9.86. The second-order valence-corrected chi connectivity index (χ2v) is 3.73. The molecule has 9 heteroatoms. The molecule has 0 fully saturated rings. The highest BCUT2D eigenvalue weighted by atomic mass is 35.5. The molecule has 1 aromatic carbocycles. The standard InChI is InChI=1S/C10H5ClF2N4O2/c11-9-8(17(18)19)10(15-4-14-9)16-7-2-1-5(12)3-6(7)13/h1-4H,(H,14,15,16). The summed E-state index contributed by atoms with van der Waals surface area (Å²) in [5, 5.41) is 12.8. The largest absolute Gasteiger partial charge is 0.348 e. The Morgan fingerprint density at radius 1 is 1.32 bits per heavy atom. The summed E-state index contributed by atoms with van der Waals surface area (Å²) in [6, 6.07) is 2.72. The minimum absolute atomic E-state index is 0.167. The number of benzene rings is 1. The molecular weight excluding hydrogens is 282 g/mol. The van der Waals surface area contributed by atoms with E-state index in [-0.39, 0.29) is 16.7 Å². The molecule has 0 bridgehead atoms. The first-order chi connectivity index (χ1) is 8.99. The van der Waals surface area contributed by atoms with Gasteiger partial charge in [-0.15, -0.1) is 0 Å². The van der Waals surface area contributed by atoms with E-state index in [4.69, 9.17) is 11.6 Å². The van der Waals surface area contributed by atoms with E-state index in [9.17, 15) is 18.9 Å². The van der Waals surface area contributed by atoms with Gasteiger partial charge in [-0.25, -0.2) is 18.7 Å². The molecule has 0 unspecified atom stereocenters. The van der Waals surface area contributed by atoms with Gasteiger partial charge >= 0.3 is 5.69 Å². The van der Waals surface area contributed by atoms with E-state index in [1.165, 1.54) is 0 Å². The summed E-state index contributed by atoms with van der Waals surface area (Å²) in [5.41, 5.74) is -0.757. The second kappa shape index (κ2) is 5.11. The van der Waals surface area contributed by atoms with Crippen LogP contribution in [-0.2, 0) is 0 Å². The average Bonchev–Trinajstić information content (AvgIpc) is 2.32. The zero-order valence-electron chi connectivity index (χ0n) is 9.10. The lowest BCUT2D eigenvalue weighted by molar-refractivity contribution is -0.384. The van der Waals surface area contributed by atoms with Gasteiger partial charge in [0.05, 0.1) is 10.6 Å². The Labute approximate surface area is 110 Å². The number of halogens is 3. The zero-order chi connectivity index (χ0) is 14.0. The molecule has 0 amide bonds. The van der Waals surface area contributed by atoms with E-state index in [1.54, 1.807) is 0 Å². The number of nitrogens with one attached hydrogen (secondary N) is 1. The van der Waals surface area contributed by atoms with E-state index in [1.807, 2.05) is 0 Å². The quantitative estimate of drug-likeness (QED) is 0.533. The molecule has 1 N–H and O–H groups in total. The predicted molar refractivity (Wildman–Crippen MR) is 63.3 cm³/mol. The molecule has 0 radical (unpaired) electrons. The molecule has 1 heterocycles. The van der Waals surface area contributed by atoms with Crippen LogP contribution < -0.4 is 5.32 Å². The fourth-order valence-electron chi connectivity index (χ4n) is 1.33. The van der Waals surface area contributed by atoms with Crippen LogP contribution in [0.2, 0.25) is 5.15 Å². The number of nitrogens with zero attached hydrogens (tertiary/aromatic N) is 3. The van der Waals surface area contributed by atoms with E-state index in [2.05, 4.69) is 15.3 Å². The highest BCUT2D eigenvalue weighted by molar-refractivity contribution is 6.31. The second-order valence-electron chi connectivity index (χ2n) is 3.37. The molecule has 0 aliphatic rings. The van der Waals surface area contributed by atoms with Crippen LogP contribution in [0.25, 0.3) is 0 Å². The van der Waals surface area contributed by atoms with Crippen molar-refractivity contribution in [2.75, 3.05) is 5.32 Å². The first kappa shape index (κ1) is 13.1. The van der Waals surface area contributed by atoms with E-state index < -0.39 is 22.2 Å². The summed E-state index contributed by atoms with van der Waals surface area (Å²) in [6.07, 6.45) is 0.985. The van der Waals surface area contributed by atoms with Gasteiger partial charge in [0, 0.05) is 6.07 Å². The topological polar surface area (TPSA) is 81.0 Å².